The molecule has 10 heteroatoms. The molecule has 0 heterocycles. The summed E-state index contributed by atoms with van der Waals surface area (Å²) in [6, 6.07) is 0. The average Bonchev–Trinajstić information content (AvgIpc) is 3.61. The summed E-state index contributed by atoms with van der Waals surface area (Å²) in [6.07, 6.45) is 90.5. The molecule has 0 spiro atoms. The second-order valence-corrected chi connectivity index (χ2v) is 25.6. The molecule has 0 aliphatic heterocycles. The summed E-state index contributed by atoms with van der Waals surface area (Å²) < 4.78 is 34.7. The molecule has 0 amide bonds. The normalized spacial score (nSPS) is 13.8. The molecule has 0 aliphatic rings. The molecule has 0 aliphatic carbocycles. The fourth-order valence-corrected chi connectivity index (χ4v) is 10.3. The van der Waals surface area contributed by atoms with Gasteiger partial charge in [-0.3, -0.25) is 18.6 Å². The predicted octanol–water partition coefficient (Wildman–Crippen LogP) is 22.5. The van der Waals surface area contributed by atoms with Gasteiger partial charge in [-0.1, -0.05) is 309 Å². The van der Waals surface area contributed by atoms with E-state index in [1.165, 1.54) is 154 Å². The first-order chi connectivity index (χ1) is 41.0. The molecule has 0 aromatic heterocycles. The minimum atomic E-state index is -4.40. The van der Waals surface area contributed by atoms with Gasteiger partial charge in [0.25, 0.3) is 0 Å². The van der Waals surface area contributed by atoms with Crippen molar-refractivity contribution in [2.24, 2.45) is 0 Å². The van der Waals surface area contributed by atoms with Crippen LogP contribution in [-0.4, -0.2) is 74.9 Å². The van der Waals surface area contributed by atoms with Crippen molar-refractivity contribution in [2.75, 3.05) is 47.5 Å². The van der Waals surface area contributed by atoms with Gasteiger partial charge >= 0.3 is 19.8 Å². The van der Waals surface area contributed by atoms with Gasteiger partial charge in [0, 0.05) is 12.8 Å². The van der Waals surface area contributed by atoms with E-state index in [1.54, 1.807) is 0 Å². The lowest BCUT2D eigenvalue weighted by atomic mass is 10.0. The zero-order valence-corrected chi connectivity index (χ0v) is 56.0. The molecule has 0 aromatic rings. The van der Waals surface area contributed by atoms with Gasteiger partial charge in [0.15, 0.2) is 6.10 Å². The molecule has 9 nitrogen and oxygen atoms in total. The van der Waals surface area contributed by atoms with E-state index < -0.39 is 26.5 Å². The molecule has 0 fully saturated rings. The number of carbonyl (C=O) groups excluding carboxylic acids is 2. The summed E-state index contributed by atoms with van der Waals surface area (Å²) in [4.78, 5) is 35.9. The van der Waals surface area contributed by atoms with Crippen molar-refractivity contribution in [1.29, 1.82) is 0 Å². The predicted molar refractivity (Wildman–Crippen MR) is 362 cm³/mol. The summed E-state index contributed by atoms with van der Waals surface area (Å²) in [5, 5.41) is 0. The summed E-state index contributed by atoms with van der Waals surface area (Å²) in [7, 11) is 1.46. The number of rotatable bonds is 63. The van der Waals surface area contributed by atoms with Gasteiger partial charge in [0.05, 0.1) is 27.7 Å². The zero-order valence-electron chi connectivity index (χ0n) is 55.1. The monoisotopic (exact) mass is 1190 g/mol. The van der Waals surface area contributed by atoms with E-state index in [2.05, 4.69) is 123 Å². The largest absolute Gasteiger partial charge is 0.472 e. The van der Waals surface area contributed by atoms with Crippen LogP contribution in [0.15, 0.2) is 109 Å². The van der Waals surface area contributed by atoms with Crippen LogP contribution >= 0.6 is 7.82 Å². The van der Waals surface area contributed by atoms with Crippen LogP contribution in [-0.2, 0) is 32.7 Å². The maximum atomic E-state index is 12.9. The van der Waals surface area contributed by atoms with Crippen LogP contribution in [0.3, 0.4) is 0 Å². The van der Waals surface area contributed by atoms with Crippen molar-refractivity contribution in [1.82, 2.24) is 0 Å². The topological polar surface area (TPSA) is 108 Å². The molecule has 0 radical (unpaired) electrons. The molecule has 1 N–H and O–H groups in total. The van der Waals surface area contributed by atoms with Crippen LogP contribution < -0.4 is 0 Å². The Bertz CT molecular complexity index is 1790. The summed E-state index contributed by atoms with van der Waals surface area (Å²) in [5.41, 5.74) is 0. The second-order valence-electron chi connectivity index (χ2n) is 24.2. The molecule has 0 saturated carbocycles. The van der Waals surface area contributed by atoms with Crippen LogP contribution in [0.2, 0.25) is 0 Å². The van der Waals surface area contributed by atoms with Crippen LogP contribution in [0.5, 0.6) is 0 Å². The first-order valence-corrected chi connectivity index (χ1v) is 36.1. The van der Waals surface area contributed by atoms with E-state index >= 15 is 0 Å². The number of esters is 2. The van der Waals surface area contributed by atoms with Crippen molar-refractivity contribution in [3.63, 3.8) is 0 Å². The van der Waals surface area contributed by atoms with E-state index in [9.17, 15) is 19.0 Å². The zero-order chi connectivity index (χ0) is 61.2. The van der Waals surface area contributed by atoms with Gasteiger partial charge in [-0.25, -0.2) is 4.57 Å². The third-order valence-corrected chi connectivity index (χ3v) is 15.8. The SMILES string of the molecule is CC/C=C\C/C=C\C/C=C\C/C=C\C/C=C\C/C=C\C/C=C\C/C=C\C/C=C\CCCCCCCC(=O)OC(COC(=O)CCCCCCCCCCCCCCCCCCCCCCCCCCCCC)COP(=O)(O)OCC[N+](C)(C)C. The number of likely N-dealkylation sites (N-methyl/N-ethyl adjacent to an activating group) is 1. The van der Waals surface area contributed by atoms with Gasteiger partial charge < -0.3 is 18.9 Å². The van der Waals surface area contributed by atoms with E-state index in [-0.39, 0.29) is 32.0 Å². The lowest BCUT2D eigenvalue weighted by molar-refractivity contribution is -0.870. The Balaban J connectivity index is 4.14. The number of hydrogen-bond donors (Lipinski definition) is 1. The molecular formula is C74H131NO8P+. The van der Waals surface area contributed by atoms with E-state index in [1.807, 2.05) is 21.1 Å². The molecule has 0 saturated heterocycles. The lowest BCUT2D eigenvalue weighted by Gasteiger charge is -2.24. The van der Waals surface area contributed by atoms with Crippen molar-refractivity contribution >= 4 is 19.8 Å². The maximum absolute atomic E-state index is 12.9. The number of hydrogen-bond acceptors (Lipinski definition) is 7. The minimum absolute atomic E-state index is 0.0236. The van der Waals surface area contributed by atoms with Crippen molar-refractivity contribution in [3.05, 3.63) is 109 Å². The minimum Gasteiger partial charge on any atom is -0.462 e. The number of phosphoric ester groups is 1. The van der Waals surface area contributed by atoms with Crippen molar-refractivity contribution < 1.29 is 42.1 Å². The molecule has 0 aromatic carbocycles. The van der Waals surface area contributed by atoms with Crippen molar-refractivity contribution in [3.8, 4) is 0 Å². The number of allylic oxidation sites excluding steroid dienone is 18. The highest BCUT2D eigenvalue weighted by Crippen LogP contribution is 2.43. The molecule has 0 rings (SSSR count). The fourth-order valence-electron chi connectivity index (χ4n) is 9.54. The standard InChI is InChI=1S/C74H130NO8P/c1-6-8-10-12-14-16-18-20-22-24-26-28-30-32-34-35-36-37-38-39-41-43-45-47-49-51-53-55-57-59-61-63-65-67-74(77)83-72(71-82-84(78,79)81-69-68-75(3,4)5)70-80-73(76)66-64-62-60-58-56-54-52-50-48-46-44-42-40-33-31-29-27-25-23-21-19-17-15-13-11-9-7-2/h8,10,14,16,20,22,26,28,32,34,36-37,39,41,45,47,51,53,72H,6-7,9,11-13,15,17-19,21,23-25,27,29-31,33,35,38,40,42-44,46,48-50,52,54-71H2,1-5H3/p+1/b10-8-,16-14-,22-20-,28-26-,34-32-,37-36-,41-39-,47-45-,53-51-. The second kappa shape index (κ2) is 64.2. The summed E-state index contributed by atoms with van der Waals surface area (Å²) in [5.74, 6) is -0.815. The van der Waals surface area contributed by atoms with E-state index in [4.69, 9.17) is 18.5 Å². The Morgan fingerprint density at radius 3 is 1.01 bits per heavy atom. The smallest absolute Gasteiger partial charge is 0.462 e. The maximum Gasteiger partial charge on any atom is 0.472 e. The average molecular weight is 1190 g/mol. The highest BCUT2D eigenvalue weighted by Gasteiger charge is 2.27. The number of quaternary nitrogens is 1. The Kier molecular flexibility index (Phi) is 61.6. The number of ether oxygens (including phenoxy) is 2. The van der Waals surface area contributed by atoms with Gasteiger partial charge in [-0.15, -0.1) is 0 Å². The van der Waals surface area contributed by atoms with Gasteiger partial charge in [-0.2, -0.15) is 0 Å². The van der Waals surface area contributed by atoms with E-state index in [0.29, 0.717) is 17.4 Å². The number of unbranched alkanes of at least 4 members (excludes halogenated alkanes) is 31. The first kappa shape index (κ1) is 80.7. The number of phosphoric acid groups is 1. The highest BCUT2D eigenvalue weighted by atomic mass is 31.2. The first-order valence-electron chi connectivity index (χ1n) is 34.6. The molecule has 2 unspecified atom stereocenters. The van der Waals surface area contributed by atoms with Gasteiger partial charge in [0.1, 0.15) is 19.8 Å². The summed E-state index contributed by atoms with van der Waals surface area (Å²) in [6.45, 7) is 4.33. The van der Waals surface area contributed by atoms with E-state index in [0.717, 1.165) is 109 Å². The molecular weight excluding hydrogens is 1060 g/mol. The van der Waals surface area contributed by atoms with Crippen molar-refractivity contribution in [2.45, 2.75) is 302 Å². The lowest BCUT2D eigenvalue weighted by Crippen LogP contribution is -2.37. The third kappa shape index (κ3) is 67.8. The highest BCUT2D eigenvalue weighted by molar-refractivity contribution is 7.47. The molecule has 0 bridgehead atoms. The number of carbonyl (C=O) groups is 2. The fraction of sp³-hybridized carbons (Fsp3) is 0.730. The Hall–Kier alpha value is -3.33. The molecule has 2 atom stereocenters. The van der Waals surface area contributed by atoms with Crippen LogP contribution in [0.1, 0.15) is 296 Å². The van der Waals surface area contributed by atoms with Gasteiger partial charge in [0.2, 0.25) is 0 Å². The van der Waals surface area contributed by atoms with Crippen LogP contribution in [0.25, 0.3) is 0 Å². The van der Waals surface area contributed by atoms with Gasteiger partial charge in [-0.05, 0) is 83.5 Å². The Morgan fingerprint density at radius 2 is 0.679 bits per heavy atom. The Labute approximate surface area is 518 Å². The molecule has 484 valence electrons. The molecule has 84 heavy (non-hydrogen) atoms. The summed E-state index contributed by atoms with van der Waals surface area (Å²) >= 11 is 0. The van der Waals surface area contributed by atoms with Crippen LogP contribution in [0.4, 0.5) is 0 Å². The van der Waals surface area contributed by atoms with Crippen LogP contribution in [0, 0.1) is 0 Å². The Morgan fingerprint density at radius 1 is 0.381 bits per heavy atom. The quantitative estimate of drug-likeness (QED) is 0.0211. The number of nitrogens with zero attached hydrogens (tertiary/aromatic N) is 1. The third-order valence-electron chi connectivity index (χ3n) is 14.8.